The predicted octanol–water partition coefficient (Wildman–Crippen LogP) is -2.79. The van der Waals surface area contributed by atoms with Crippen LogP contribution in [0.4, 0.5) is 4.79 Å². The van der Waals surface area contributed by atoms with E-state index in [-0.39, 0.29) is 61.2 Å². The molecule has 3 aromatic carbocycles. The summed E-state index contributed by atoms with van der Waals surface area (Å²) >= 11 is 5.96. The zero-order chi connectivity index (χ0) is 34.1. The molecule has 2 atom stereocenters. The Bertz CT molecular complexity index is 1760. The van der Waals surface area contributed by atoms with Crippen molar-refractivity contribution < 1.29 is 80.2 Å². The quantitative estimate of drug-likeness (QED) is 0.205. The summed E-state index contributed by atoms with van der Waals surface area (Å²) < 4.78 is 39.8. The first-order valence-electron chi connectivity index (χ1n) is 15.1. The number of carbonyl (C=O) groups excluding carboxylic acids is 3. The number of hydrogen-bond acceptors (Lipinski definition) is 9. The number of rotatable bonds is 10. The topological polar surface area (TPSA) is 156 Å². The van der Waals surface area contributed by atoms with Crippen molar-refractivity contribution in [1.82, 2.24) is 9.21 Å². The number of amides is 1. The zero-order valence-electron chi connectivity index (χ0n) is 28.2. The predicted molar refractivity (Wildman–Crippen MR) is 169 cm³/mol. The third-order valence-electron chi connectivity index (χ3n) is 8.28. The Morgan fingerprint density at radius 3 is 2.04 bits per heavy atom. The zero-order valence-corrected chi connectivity index (χ0v) is 29.8. The van der Waals surface area contributed by atoms with E-state index in [4.69, 9.17) is 21.1 Å². The number of aliphatic carboxylic acids is 2. The number of benzene rings is 3. The van der Waals surface area contributed by atoms with E-state index < -0.39 is 45.6 Å². The fourth-order valence-corrected chi connectivity index (χ4v) is 7.72. The summed E-state index contributed by atoms with van der Waals surface area (Å²) in [6, 6.07) is 19.2. The van der Waals surface area contributed by atoms with E-state index >= 15 is 0 Å². The molecule has 0 N–H and O–H groups in total. The van der Waals surface area contributed by atoms with E-state index in [2.05, 4.69) is 0 Å². The molecule has 1 saturated carbocycles. The number of ether oxygens (including phenoxy) is 2. The molecular weight excluding hydrogens is 662 g/mol. The second kappa shape index (κ2) is 16.0. The van der Waals surface area contributed by atoms with Gasteiger partial charge in [0.1, 0.15) is 17.5 Å². The Kier molecular flexibility index (Phi) is 13.2. The van der Waals surface area contributed by atoms with Crippen LogP contribution in [0.5, 0.6) is 5.75 Å². The molecule has 1 saturated heterocycles. The van der Waals surface area contributed by atoms with E-state index in [9.17, 15) is 33.0 Å². The fraction of sp³-hybridized carbons (Fsp3) is 0.382. The Morgan fingerprint density at radius 2 is 1.51 bits per heavy atom. The molecule has 1 amide bonds. The third kappa shape index (κ3) is 9.25. The first-order chi connectivity index (χ1) is 22.1. The summed E-state index contributed by atoms with van der Waals surface area (Å²) in [5.41, 5.74) is -0.861. The van der Waals surface area contributed by atoms with Crippen LogP contribution in [0.1, 0.15) is 51.5 Å². The standard InChI is InChI=1S/C34H37ClN2O9S.2Li/c1-33(2,3)46-32(42)36-17-15-26(16-18-36)45-27-6-4-5-24(19-27)29-20-34(29,31(40)41)37(21-30(38)39)47(43,44)28-13-9-23(10-14-28)22-7-11-25(35)12-8-22;;/h4-14,19,26,29H,15-18,20-21H2,1-3H3,(H,38,39)(H,40,41);;/q;2*+1/p-2. The van der Waals surface area contributed by atoms with Crippen LogP contribution in [0.2, 0.25) is 5.02 Å². The molecular formula is C34H35ClLi2N2O9S. The number of carboxylic acid groups (broad SMARTS) is 2. The molecule has 1 aliphatic carbocycles. The molecule has 250 valence electrons. The van der Waals surface area contributed by atoms with Crippen molar-refractivity contribution in [2.75, 3.05) is 19.6 Å². The van der Waals surface area contributed by atoms with Crippen molar-refractivity contribution in [3.8, 4) is 16.9 Å². The SMILES string of the molecule is CC(C)(C)OC(=O)N1CCC(Oc2cccc(C3CC3(C(=O)[O-])N(CC(=O)[O-])S(=O)(=O)c3ccc(-c4ccc(Cl)cc4)cc3)c2)CC1.[Li+].[Li+]. The summed E-state index contributed by atoms with van der Waals surface area (Å²) in [4.78, 5) is 38.3. The van der Waals surface area contributed by atoms with Gasteiger partial charge in [0.25, 0.3) is 0 Å². The van der Waals surface area contributed by atoms with Gasteiger partial charge in [-0.05, 0) is 80.3 Å². The molecule has 0 aromatic heterocycles. The number of sulfonamides is 1. The van der Waals surface area contributed by atoms with Crippen molar-refractivity contribution >= 4 is 39.7 Å². The Balaban J connectivity index is 0.00000325. The van der Waals surface area contributed by atoms with Crippen molar-refractivity contribution in [3.63, 3.8) is 0 Å². The molecule has 1 aliphatic heterocycles. The minimum Gasteiger partial charge on any atom is -0.549 e. The van der Waals surface area contributed by atoms with E-state index in [1.807, 2.05) is 0 Å². The van der Waals surface area contributed by atoms with E-state index in [0.29, 0.717) is 52.1 Å². The van der Waals surface area contributed by atoms with E-state index in [1.54, 1.807) is 86.3 Å². The van der Waals surface area contributed by atoms with Crippen LogP contribution in [-0.2, 0) is 24.3 Å². The number of carbonyl (C=O) groups is 3. The largest absolute Gasteiger partial charge is 1.00 e. The van der Waals surface area contributed by atoms with Crippen molar-refractivity contribution in [2.45, 2.75) is 68.1 Å². The monoisotopic (exact) mass is 696 g/mol. The van der Waals surface area contributed by atoms with E-state index in [1.165, 1.54) is 12.1 Å². The molecule has 0 radical (unpaired) electrons. The van der Waals surface area contributed by atoms with Crippen LogP contribution in [0.15, 0.2) is 77.7 Å². The molecule has 2 unspecified atom stereocenters. The second-order valence-corrected chi connectivity index (χ2v) is 15.0. The number of piperidine rings is 1. The smallest absolute Gasteiger partial charge is 0.549 e. The molecule has 15 heteroatoms. The van der Waals surface area contributed by atoms with Gasteiger partial charge in [0, 0.05) is 36.9 Å². The van der Waals surface area contributed by atoms with Gasteiger partial charge in [-0.25, -0.2) is 13.2 Å². The summed E-state index contributed by atoms with van der Waals surface area (Å²) in [7, 11) is -4.64. The third-order valence-corrected chi connectivity index (χ3v) is 10.4. The van der Waals surface area contributed by atoms with Crippen molar-refractivity contribution in [1.29, 1.82) is 0 Å². The maximum atomic E-state index is 13.9. The van der Waals surface area contributed by atoms with Crippen LogP contribution >= 0.6 is 11.6 Å². The first kappa shape index (κ1) is 40.5. The summed E-state index contributed by atoms with van der Waals surface area (Å²) in [5.74, 6) is -3.95. The van der Waals surface area contributed by atoms with Gasteiger partial charge >= 0.3 is 43.8 Å². The summed E-state index contributed by atoms with van der Waals surface area (Å²) in [6.45, 7) is 5.10. The molecule has 5 rings (SSSR count). The Labute approximate surface area is 315 Å². The second-order valence-electron chi connectivity index (χ2n) is 12.7. The van der Waals surface area contributed by atoms with Crippen LogP contribution in [0.3, 0.4) is 0 Å². The van der Waals surface area contributed by atoms with Gasteiger partial charge in [0.2, 0.25) is 10.0 Å². The molecule has 49 heavy (non-hydrogen) atoms. The van der Waals surface area contributed by atoms with Gasteiger partial charge in [-0.1, -0.05) is 48.0 Å². The summed E-state index contributed by atoms with van der Waals surface area (Å²) in [5, 5.41) is 25.0. The van der Waals surface area contributed by atoms with Gasteiger partial charge in [-0.15, -0.1) is 0 Å². The molecule has 2 aliphatic rings. The normalized spacial score (nSPS) is 19.3. The van der Waals surface area contributed by atoms with Crippen LogP contribution in [0, 0.1) is 0 Å². The molecule has 0 bridgehead atoms. The van der Waals surface area contributed by atoms with Crippen LogP contribution in [-0.4, -0.2) is 72.5 Å². The van der Waals surface area contributed by atoms with Crippen molar-refractivity contribution in [2.24, 2.45) is 0 Å². The maximum Gasteiger partial charge on any atom is 1.00 e. The van der Waals surface area contributed by atoms with Gasteiger partial charge in [0.15, 0.2) is 0 Å². The number of nitrogens with zero attached hydrogens (tertiary/aromatic N) is 2. The molecule has 3 aromatic rings. The summed E-state index contributed by atoms with van der Waals surface area (Å²) in [6.07, 6.45) is 0.274. The average Bonchev–Trinajstić information content (AvgIpc) is 3.77. The maximum absolute atomic E-state index is 13.9. The van der Waals surface area contributed by atoms with Gasteiger partial charge in [-0.3, -0.25) is 0 Å². The number of likely N-dealkylation sites (tertiary alicyclic amines) is 1. The fourth-order valence-electron chi connectivity index (χ4n) is 5.88. The Morgan fingerprint density at radius 1 is 0.939 bits per heavy atom. The first-order valence-corrected chi connectivity index (χ1v) is 17.0. The van der Waals surface area contributed by atoms with Gasteiger partial charge in [0.05, 0.1) is 28.9 Å². The number of halogens is 1. The number of hydrogen-bond donors (Lipinski definition) is 0. The van der Waals surface area contributed by atoms with Crippen LogP contribution < -0.4 is 52.7 Å². The Hall–Kier alpha value is -2.94. The molecule has 2 fully saturated rings. The van der Waals surface area contributed by atoms with Crippen LogP contribution in [0.25, 0.3) is 11.1 Å². The van der Waals surface area contributed by atoms with Crippen molar-refractivity contribution in [3.05, 3.63) is 83.4 Å². The van der Waals surface area contributed by atoms with E-state index in [0.717, 1.165) is 5.56 Å². The average molecular weight is 697 g/mol. The molecule has 0 spiro atoms. The molecule has 1 heterocycles. The van der Waals surface area contributed by atoms with Gasteiger partial charge in [-0.2, -0.15) is 4.31 Å². The van der Waals surface area contributed by atoms with Gasteiger partial charge < -0.3 is 34.2 Å². The minimum atomic E-state index is -4.64. The number of carboxylic acids is 2. The molecule has 11 nitrogen and oxygen atoms in total. The minimum absolute atomic E-state index is 0.